The molecule has 3 aromatic rings. The minimum atomic E-state index is 0.00727. The molecule has 3 rings (SSSR count). The Kier molecular flexibility index (Phi) is 9.08. The van der Waals surface area contributed by atoms with E-state index in [1.54, 1.807) is 0 Å². The number of rotatable bonds is 12. The van der Waals surface area contributed by atoms with Gasteiger partial charge in [0.2, 0.25) is 0 Å². The van der Waals surface area contributed by atoms with E-state index in [9.17, 15) is 4.79 Å². The molecule has 0 fully saturated rings. The van der Waals surface area contributed by atoms with Crippen LogP contribution in [0.3, 0.4) is 0 Å². The summed E-state index contributed by atoms with van der Waals surface area (Å²) in [6.45, 7) is 4.99. The Morgan fingerprint density at radius 3 is 2.13 bits per heavy atom. The summed E-state index contributed by atoms with van der Waals surface area (Å²) in [5.41, 5.74) is 4.47. The molecular weight excluding hydrogens is 380 g/mol. The standard InChI is InChI=1S/C28H36N2O/c1-3-4-5-6-7-8-9-10-16-21-29-28(31)26-22(2)27(23-17-12-11-13-18-23)30-25-20-15-14-19-24(25)26/h11-15,17-20H,3-10,16,21H2,1-2H3,(H,29,31). The molecule has 0 spiro atoms. The molecular formula is C28H36N2O. The molecule has 0 saturated heterocycles. The number of benzene rings is 2. The number of hydrogen-bond acceptors (Lipinski definition) is 2. The van der Waals surface area contributed by atoms with Crippen molar-refractivity contribution in [3.8, 4) is 11.3 Å². The molecule has 0 radical (unpaired) electrons. The molecule has 2 aromatic carbocycles. The van der Waals surface area contributed by atoms with Crippen LogP contribution in [0.25, 0.3) is 22.2 Å². The molecule has 0 aliphatic carbocycles. The third-order valence-electron chi connectivity index (χ3n) is 5.98. The Hall–Kier alpha value is -2.68. The zero-order valence-electron chi connectivity index (χ0n) is 19.1. The number of amides is 1. The molecule has 0 unspecified atom stereocenters. The van der Waals surface area contributed by atoms with Crippen molar-refractivity contribution in [3.63, 3.8) is 0 Å². The first-order valence-electron chi connectivity index (χ1n) is 12.0. The number of unbranched alkanes of at least 4 members (excludes halogenated alkanes) is 8. The maximum atomic E-state index is 13.2. The SMILES string of the molecule is CCCCCCCCCCCNC(=O)c1c(C)c(-c2ccccc2)nc2ccccc12. The summed E-state index contributed by atoms with van der Waals surface area (Å²) in [6, 6.07) is 18.0. The van der Waals surface area contributed by atoms with Gasteiger partial charge in [-0.15, -0.1) is 0 Å². The molecule has 1 aromatic heterocycles. The fourth-order valence-corrected chi connectivity index (χ4v) is 4.20. The lowest BCUT2D eigenvalue weighted by molar-refractivity contribution is 0.0954. The molecule has 1 N–H and O–H groups in total. The highest BCUT2D eigenvalue weighted by Crippen LogP contribution is 2.29. The number of nitrogens with zero attached hydrogens (tertiary/aromatic N) is 1. The van der Waals surface area contributed by atoms with Gasteiger partial charge < -0.3 is 5.32 Å². The van der Waals surface area contributed by atoms with Gasteiger partial charge in [-0.3, -0.25) is 4.79 Å². The number of carbonyl (C=O) groups excluding carboxylic acids is 1. The van der Waals surface area contributed by atoms with Crippen LogP contribution in [-0.2, 0) is 0 Å². The predicted molar refractivity (Wildman–Crippen MR) is 131 cm³/mol. The third kappa shape index (κ3) is 6.40. The van der Waals surface area contributed by atoms with E-state index in [1.807, 2.05) is 61.5 Å². The van der Waals surface area contributed by atoms with Crippen LogP contribution < -0.4 is 5.32 Å². The first-order valence-corrected chi connectivity index (χ1v) is 12.0. The van der Waals surface area contributed by atoms with E-state index >= 15 is 0 Å². The molecule has 0 saturated carbocycles. The van der Waals surface area contributed by atoms with Crippen LogP contribution in [-0.4, -0.2) is 17.4 Å². The molecule has 0 bridgehead atoms. The van der Waals surface area contributed by atoms with Gasteiger partial charge in [0.1, 0.15) is 0 Å². The van der Waals surface area contributed by atoms with Crippen LogP contribution >= 0.6 is 0 Å². The van der Waals surface area contributed by atoms with E-state index in [1.165, 1.54) is 51.4 Å². The van der Waals surface area contributed by atoms with Crippen LogP contribution in [0.4, 0.5) is 0 Å². The quantitative estimate of drug-likeness (QED) is 0.311. The molecule has 0 aliphatic heterocycles. The molecule has 1 amide bonds. The summed E-state index contributed by atoms with van der Waals surface area (Å²) < 4.78 is 0. The summed E-state index contributed by atoms with van der Waals surface area (Å²) in [4.78, 5) is 18.0. The number of carbonyl (C=O) groups is 1. The van der Waals surface area contributed by atoms with E-state index in [0.29, 0.717) is 0 Å². The van der Waals surface area contributed by atoms with Gasteiger partial charge in [0.15, 0.2) is 0 Å². The summed E-state index contributed by atoms with van der Waals surface area (Å²) >= 11 is 0. The number of nitrogens with one attached hydrogen (secondary N) is 1. The minimum absolute atomic E-state index is 0.00727. The molecule has 164 valence electrons. The molecule has 3 heteroatoms. The van der Waals surface area contributed by atoms with Gasteiger partial charge in [0.25, 0.3) is 5.91 Å². The van der Waals surface area contributed by atoms with Crippen molar-refractivity contribution in [1.29, 1.82) is 0 Å². The van der Waals surface area contributed by atoms with Crippen molar-refractivity contribution in [2.75, 3.05) is 6.54 Å². The molecule has 1 heterocycles. The van der Waals surface area contributed by atoms with Gasteiger partial charge in [-0.1, -0.05) is 107 Å². The van der Waals surface area contributed by atoms with Crippen molar-refractivity contribution < 1.29 is 4.79 Å². The van der Waals surface area contributed by atoms with E-state index in [4.69, 9.17) is 4.98 Å². The number of aromatic nitrogens is 1. The third-order valence-corrected chi connectivity index (χ3v) is 5.98. The summed E-state index contributed by atoms with van der Waals surface area (Å²) in [6.07, 6.45) is 11.5. The fourth-order valence-electron chi connectivity index (χ4n) is 4.20. The minimum Gasteiger partial charge on any atom is -0.352 e. The van der Waals surface area contributed by atoms with E-state index in [2.05, 4.69) is 12.2 Å². The highest BCUT2D eigenvalue weighted by molar-refractivity contribution is 6.08. The Bertz CT molecular complexity index is 965. The average Bonchev–Trinajstić information content (AvgIpc) is 2.80. The van der Waals surface area contributed by atoms with Gasteiger partial charge in [0.05, 0.1) is 16.8 Å². The smallest absolute Gasteiger partial charge is 0.252 e. The van der Waals surface area contributed by atoms with Gasteiger partial charge >= 0.3 is 0 Å². The number of fused-ring (bicyclic) bond motifs is 1. The molecule has 31 heavy (non-hydrogen) atoms. The zero-order valence-corrected chi connectivity index (χ0v) is 19.1. The fraction of sp³-hybridized carbons (Fsp3) is 0.429. The van der Waals surface area contributed by atoms with E-state index in [-0.39, 0.29) is 5.91 Å². The van der Waals surface area contributed by atoms with Gasteiger partial charge in [0, 0.05) is 17.5 Å². The first-order chi connectivity index (χ1) is 15.2. The Morgan fingerprint density at radius 2 is 1.42 bits per heavy atom. The Labute approximate surface area is 187 Å². The maximum absolute atomic E-state index is 13.2. The Morgan fingerprint density at radius 1 is 0.806 bits per heavy atom. The molecule has 0 atom stereocenters. The predicted octanol–water partition coefficient (Wildman–Crippen LogP) is 7.47. The number of pyridine rings is 1. The largest absolute Gasteiger partial charge is 0.352 e. The average molecular weight is 417 g/mol. The van der Waals surface area contributed by atoms with Crippen LogP contribution in [0, 0.1) is 6.92 Å². The van der Waals surface area contributed by atoms with Crippen molar-refractivity contribution in [1.82, 2.24) is 10.3 Å². The lowest BCUT2D eigenvalue weighted by Crippen LogP contribution is -2.26. The normalized spacial score (nSPS) is 11.0. The lowest BCUT2D eigenvalue weighted by atomic mass is 9.97. The van der Waals surface area contributed by atoms with Crippen molar-refractivity contribution >= 4 is 16.8 Å². The van der Waals surface area contributed by atoms with Crippen LogP contribution in [0.2, 0.25) is 0 Å². The topological polar surface area (TPSA) is 42.0 Å². The highest BCUT2D eigenvalue weighted by atomic mass is 16.1. The summed E-state index contributed by atoms with van der Waals surface area (Å²) in [5.74, 6) is 0.00727. The summed E-state index contributed by atoms with van der Waals surface area (Å²) in [5, 5.41) is 4.08. The number of hydrogen-bond donors (Lipinski definition) is 1. The first kappa shape index (κ1) is 23.0. The monoisotopic (exact) mass is 416 g/mol. The molecule has 3 nitrogen and oxygen atoms in total. The van der Waals surface area contributed by atoms with Crippen molar-refractivity contribution in [2.45, 2.75) is 71.6 Å². The van der Waals surface area contributed by atoms with E-state index in [0.717, 1.165) is 46.3 Å². The number of para-hydroxylation sites is 1. The van der Waals surface area contributed by atoms with Crippen molar-refractivity contribution in [3.05, 3.63) is 65.7 Å². The summed E-state index contributed by atoms with van der Waals surface area (Å²) in [7, 11) is 0. The van der Waals surface area contributed by atoms with Gasteiger partial charge in [-0.25, -0.2) is 4.98 Å². The van der Waals surface area contributed by atoms with Crippen LogP contribution in [0.1, 0.15) is 80.6 Å². The Balaban J connectivity index is 1.61. The maximum Gasteiger partial charge on any atom is 0.252 e. The second kappa shape index (κ2) is 12.2. The second-order valence-electron chi connectivity index (χ2n) is 8.43. The van der Waals surface area contributed by atoms with Gasteiger partial charge in [-0.2, -0.15) is 0 Å². The van der Waals surface area contributed by atoms with Crippen LogP contribution in [0.5, 0.6) is 0 Å². The highest BCUT2D eigenvalue weighted by Gasteiger charge is 2.18. The zero-order chi connectivity index (χ0) is 21.9. The van der Waals surface area contributed by atoms with Crippen molar-refractivity contribution in [2.24, 2.45) is 0 Å². The van der Waals surface area contributed by atoms with E-state index < -0.39 is 0 Å². The molecule has 0 aliphatic rings. The lowest BCUT2D eigenvalue weighted by Gasteiger charge is -2.15. The second-order valence-corrected chi connectivity index (χ2v) is 8.43. The van der Waals surface area contributed by atoms with Gasteiger partial charge in [-0.05, 0) is 25.0 Å². The van der Waals surface area contributed by atoms with Crippen LogP contribution in [0.15, 0.2) is 54.6 Å².